The Hall–Kier alpha value is -4.45. The second kappa shape index (κ2) is 13.1. The number of aromatic nitrogens is 3. The van der Waals surface area contributed by atoms with E-state index in [9.17, 15) is 18.4 Å². The summed E-state index contributed by atoms with van der Waals surface area (Å²) in [5.41, 5.74) is 6.13. The summed E-state index contributed by atoms with van der Waals surface area (Å²) in [6.45, 7) is 3.93. The van der Waals surface area contributed by atoms with E-state index in [0.29, 0.717) is 18.2 Å². The zero-order valence-corrected chi connectivity index (χ0v) is 28.0. The molecule has 2 aromatic carbocycles. The number of hydrogen-bond acceptors (Lipinski definition) is 10. The van der Waals surface area contributed by atoms with Gasteiger partial charge in [0.05, 0.1) is 40.4 Å². The van der Waals surface area contributed by atoms with Crippen LogP contribution in [0.2, 0.25) is 5.02 Å². The number of benzene rings is 2. The Kier molecular flexibility index (Phi) is 8.85. The molecule has 3 aromatic heterocycles. The lowest BCUT2D eigenvalue weighted by molar-refractivity contribution is 0.292. The molecule has 0 aliphatic carbocycles. The van der Waals surface area contributed by atoms with Crippen LogP contribution in [0.1, 0.15) is 43.4 Å². The van der Waals surface area contributed by atoms with Crippen molar-refractivity contribution in [1.29, 1.82) is 5.26 Å². The second-order valence-corrected chi connectivity index (χ2v) is 13.5. The van der Waals surface area contributed by atoms with Crippen LogP contribution in [0.5, 0.6) is 11.8 Å². The summed E-state index contributed by atoms with van der Waals surface area (Å²) in [6, 6.07) is 7.57. The van der Waals surface area contributed by atoms with Crippen LogP contribution in [0.25, 0.3) is 32.1 Å². The number of halogens is 5. The molecule has 0 radical (unpaired) electrons. The number of nitrogen functional groups attached to an aromatic ring is 1. The number of ether oxygens (including phenoxy) is 2. The maximum absolute atomic E-state index is 16.6. The fraction of sp³-hybridized carbons (Fsp3) is 0.353. The Morgan fingerprint density at radius 1 is 1.18 bits per heavy atom. The highest BCUT2D eigenvalue weighted by molar-refractivity contribution is 7.23. The molecule has 2 fully saturated rings. The molecule has 0 amide bonds. The van der Waals surface area contributed by atoms with Gasteiger partial charge in [-0.15, -0.1) is 11.3 Å². The molecule has 2 unspecified atom stereocenters. The quantitative estimate of drug-likeness (QED) is 0.149. The number of alkyl halides is 1. The molecule has 8 rings (SSSR count). The van der Waals surface area contributed by atoms with Crippen LogP contribution >= 0.6 is 22.9 Å². The third-order valence-corrected chi connectivity index (χ3v) is 10.7. The van der Waals surface area contributed by atoms with Gasteiger partial charge in [0, 0.05) is 35.3 Å². The zero-order valence-electron chi connectivity index (χ0n) is 26.4. The van der Waals surface area contributed by atoms with Crippen molar-refractivity contribution in [3.8, 4) is 29.0 Å². The number of nitriles is 1. The molecular formula is C34H30ClF4N7O2S. The van der Waals surface area contributed by atoms with E-state index in [0.717, 1.165) is 30.4 Å². The molecule has 0 saturated carbocycles. The number of pyridine rings is 1. The van der Waals surface area contributed by atoms with Crippen molar-refractivity contribution < 1.29 is 27.0 Å². The molecule has 254 valence electrons. The van der Waals surface area contributed by atoms with Gasteiger partial charge in [-0.05, 0) is 50.4 Å². The Balaban J connectivity index is 0.000000361. The average Bonchev–Trinajstić information content (AvgIpc) is 3.73. The van der Waals surface area contributed by atoms with Gasteiger partial charge in [0.2, 0.25) is 5.95 Å². The fourth-order valence-electron chi connectivity index (χ4n) is 7.05. The minimum atomic E-state index is -0.863. The molecular weight excluding hydrogens is 682 g/mol. The van der Waals surface area contributed by atoms with E-state index in [1.165, 1.54) is 32.2 Å². The Morgan fingerprint density at radius 3 is 2.73 bits per heavy atom. The first kappa shape index (κ1) is 33.1. The number of thiophene rings is 1. The van der Waals surface area contributed by atoms with Gasteiger partial charge in [0.15, 0.2) is 11.6 Å². The molecule has 49 heavy (non-hydrogen) atoms. The molecule has 2 N–H and O–H groups in total. The highest BCUT2D eigenvalue weighted by atomic mass is 35.5. The second-order valence-electron chi connectivity index (χ2n) is 12.1. The van der Waals surface area contributed by atoms with E-state index >= 15 is 4.39 Å². The Morgan fingerprint density at radius 2 is 2.00 bits per heavy atom. The van der Waals surface area contributed by atoms with Crippen LogP contribution in [0, 0.1) is 28.9 Å². The third kappa shape index (κ3) is 5.63. The van der Waals surface area contributed by atoms with Crippen molar-refractivity contribution in [2.75, 3.05) is 44.0 Å². The fourth-order valence-corrected chi connectivity index (χ4v) is 8.33. The maximum Gasteiger partial charge on any atom is 0.318 e. The van der Waals surface area contributed by atoms with Crippen molar-refractivity contribution in [2.45, 2.75) is 44.4 Å². The molecule has 9 nitrogen and oxygen atoms in total. The summed E-state index contributed by atoms with van der Waals surface area (Å²) in [5, 5.41) is 10.0. The molecule has 6 heterocycles. The van der Waals surface area contributed by atoms with Gasteiger partial charge in [-0.1, -0.05) is 23.7 Å². The normalized spacial score (nSPS) is 19.2. The number of hydrogen-bond donors (Lipinski definition) is 1. The molecule has 5 aromatic rings. The standard InChI is InChI=1S/C27H18ClF3N6O2S.C7H12FN/c1-11(12-4-3-7-34-24(12)31)37-8-9-39-22-18-21(35-27(38-2)36-26(18)37)20(30)17(19(22)28)13-5-6-15(29)23-16(13)14(10-32)25(33)40-23;8-6-4-7-2-1-3-9(7)5-6/h3-7,11H,8-9,33H2,1-2H3;6-7H,1-5H2/t11-;/m1./s1. The van der Waals surface area contributed by atoms with E-state index in [-0.39, 0.29) is 78.4 Å². The highest BCUT2D eigenvalue weighted by Gasteiger charge is 2.35. The largest absolute Gasteiger partial charge is 0.489 e. The van der Waals surface area contributed by atoms with E-state index in [4.69, 9.17) is 26.8 Å². The Bertz CT molecular complexity index is 2130. The molecule has 3 aliphatic rings. The summed E-state index contributed by atoms with van der Waals surface area (Å²) < 4.78 is 70.0. The topological polar surface area (TPSA) is 113 Å². The van der Waals surface area contributed by atoms with Crippen LogP contribution in [-0.2, 0) is 0 Å². The number of nitrogens with two attached hydrogens (primary N) is 1. The number of rotatable bonds is 4. The first-order valence-corrected chi connectivity index (χ1v) is 16.9. The highest BCUT2D eigenvalue weighted by Crippen LogP contribution is 2.51. The lowest BCUT2D eigenvalue weighted by atomic mass is 9.96. The molecule has 0 bridgehead atoms. The van der Waals surface area contributed by atoms with Gasteiger partial charge in [-0.25, -0.2) is 18.2 Å². The van der Waals surface area contributed by atoms with Gasteiger partial charge in [-0.2, -0.15) is 19.6 Å². The van der Waals surface area contributed by atoms with Crippen LogP contribution in [-0.4, -0.2) is 65.4 Å². The lowest BCUT2D eigenvalue weighted by Crippen LogP contribution is -2.31. The number of methoxy groups -OCH3 is 1. The summed E-state index contributed by atoms with van der Waals surface area (Å²) in [6.07, 6.45) is 4.16. The first-order chi connectivity index (χ1) is 23.6. The maximum atomic E-state index is 16.6. The molecule has 3 aliphatic heterocycles. The van der Waals surface area contributed by atoms with Crippen molar-refractivity contribution >= 4 is 54.7 Å². The molecule has 15 heteroatoms. The summed E-state index contributed by atoms with van der Waals surface area (Å²) in [7, 11) is 1.34. The van der Waals surface area contributed by atoms with Gasteiger partial charge in [0.1, 0.15) is 41.0 Å². The van der Waals surface area contributed by atoms with Gasteiger partial charge in [0.25, 0.3) is 0 Å². The van der Waals surface area contributed by atoms with Gasteiger partial charge < -0.3 is 20.1 Å². The first-order valence-electron chi connectivity index (χ1n) is 15.7. The zero-order chi connectivity index (χ0) is 34.6. The van der Waals surface area contributed by atoms with Crippen LogP contribution in [0.4, 0.5) is 28.4 Å². The summed E-state index contributed by atoms with van der Waals surface area (Å²) in [4.78, 5) is 16.5. The van der Waals surface area contributed by atoms with E-state index < -0.39 is 29.8 Å². The predicted molar refractivity (Wildman–Crippen MR) is 181 cm³/mol. The Labute approximate surface area is 287 Å². The number of nitrogens with zero attached hydrogens (tertiary/aromatic N) is 6. The monoisotopic (exact) mass is 711 g/mol. The third-order valence-electron chi connectivity index (χ3n) is 9.34. The van der Waals surface area contributed by atoms with E-state index in [1.807, 2.05) is 6.07 Å². The van der Waals surface area contributed by atoms with Crippen molar-refractivity contribution in [3.63, 3.8) is 0 Å². The number of fused-ring (bicyclic) bond motifs is 2. The molecule has 2 saturated heterocycles. The smallest absolute Gasteiger partial charge is 0.318 e. The summed E-state index contributed by atoms with van der Waals surface area (Å²) >= 11 is 7.73. The van der Waals surface area contributed by atoms with Crippen molar-refractivity contribution in [1.82, 2.24) is 19.9 Å². The van der Waals surface area contributed by atoms with Crippen LogP contribution in [0.15, 0.2) is 30.5 Å². The molecule has 0 spiro atoms. The van der Waals surface area contributed by atoms with Crippen LogP contribution < -0.4 is 20.1 Å². The lowest BCUT2D eigenvalue weighted by Gasteiger charge is -2.29. The number of anilines is 2. The predicted octanol–water partition coefficient (Wildman–Crippen LogP) is 7.59. The van der Waals surface area contributed by atoms with Crippen molar-refractivity contribution in [3.05, 3.63) is 64.2 Å². The van der Waals surface area contributed by atoms with Gasteiger partial charge >= 0.3 is 6.01 Å². The van der Waals surface area contributed by atoms with E-state index in [2.05, 4.69) is 19.9 Å². The minimum absolute atomic E-state index is 0.0105. The van der Waals surface area contributed by atoms with Crippen LogP contribution in [0.3, 0.4) is 0 Å². The summed E-state index contributed by atoms with van der Waals surface area (Å²) in [5.74, 6) is -1.81. The average molecular weight is 712 g/mol. The van der Waals surface area contributed by atoms with Gasteiger partial charge in [-0.3, -0.25) is 4.90 Å². The SMILES string of the molecule is COc1nc2c3c(c(Cl)c(-c4ccc(F)c5sc(N)c(C#N)c45)c(F)c3n1)OCCN2[C@H](C)c1cccnc1F.FC1CC2CCCN2C1. The minimum Gasteiger partial charge on any atom is -0.489 e. The molecule has 3 atom stereocenters. The van der Waals surface area contributed by atoms with Crippen molar-refractivity contribution in [2.24, 2.45) is 0 Å². The van der Waals surface area contributed by atoms with E-state index in [1.54, 1.807) is 24.0 Å².